The van der Waals surface area contributed by atoms with Gasteiger partial charge in [0.2, 0.25) is 0 Å². The lowest BCUT2D eigenvalue weighted by Crippen LogP contribution is -2.43. The van der Waals surface area contributed by atoms with Crippen LogP contribution >= 0.6 is 11.6 Å². The van der Waals surface area contributed by atoms with Gasteiger partial charge in [-0.15, -0.1) is 0 Å². The highest BCUT2D eigenvalue weighted by Gasteiger charge is 2.17. The lowest BCUT2D eigenvalue weighted by Gasteiger charge is -2.26. The van der Waals surface area contributed by atoms with E-state index in [1.807, 2.05) is 0 Å². The second-order valence-electron chi connectivity index (χ2n) is 4.19. The molecule has 0 atom stereocenters. The molecule has 0 unspecified atom stereocenters. The Morgan fingerprint density at radius 3 is 2.84 bits per heavy atom. The van der Waals surface area contributed by atoms with Crippen molar-refractivity contribution in [1.82, 2.24) is 4.90 Å². The first kappa shape index (κ1) is 14.1. The van der Waals surface area contributed by atoms with Crippen molar-refractivity contribution in [2.75, 3.05) is 32.9 Å². The van der Waals surface area contributed by atoms with Gasteiger partial charge in [-0.3, -0.25) is 4.79 Å². The third-order valence-electron chi connectivity index (χ3n) is 2.91. The van der Waals surface area contributed by atoms with Crippen LogP contribution in [0.2, 0.25) is 5.02 Å². The van der Waals surface area contributed by atoms with E-state index in [4.69, 9.17) is 21.1 Å². The second kappa shape index (κ2) is 6.75. The molecule has 1 heterocycles. The van der Waals surface area contributed by atoms with E-state index in [2.05, 4.69) is 0 Å². The van der Waals surface area contributed by atoms with Crippen molar-refractivity contribution in [1.29, 1.82) is 0 Å². The van der Waals surface area contributed by atoms with E-state index in [-0.39, 0.29) is 19.1 Å². The molecule has 1 fully saturated rings. The first-order valence-electron chi connectivity index (χ1n) is 6.08. The number of morpholine rings is 1. The van der Waals surface area contributed by atoms with E-state index >= 15 is 0 Å². The number of aliphatic hydroxyl groups excluding tert-OH is 1. The normalized spacial score (nSPS) is 15.4. The number of aliphatic hydroxyl groups is 1. The van der Waals surface area contributed by atoms with Gasteiger partial charge in [0.15, 0.2) is 6.61 Å². The van der Waals surface area contributed by atoms with Gasteiger partial charge in [0.1, 0.15) is 5.75 Å². The minimum Gasteiger partial charge on any atom is -0.483 e. The van der Waals surface area contributed by atoms with Crippen molar-refractivity contribution in [3.05, 3.63) is 28.8 Å². The van der Waals surface area contributed by atoms with E-state index in [0.717, 1.165) is 0 Å². The first-order valence-corrected chi connectivity index (χ1v) is 6.46. The Morgan fingerprint density at radius 1 is 1.42 bits per heavy atom. The Labute approximate surface area is 116 Å². The maximum absolute atomic E-state index is 11.9. The molecule has 1 amide bonds. The molecule has 1 aliphatic rings. The maximum Gasteiger partial charge on any atom is 0.260 e. The minimum atomic E-state index is -0.179. The van der Waals surface area contributed by atoms with E-state index in [0.29, 0.717) is 42.6 Å². The van der Waals surface area contributed by atoms with Gasteiger partial charge in [0, 0.05) is 23.7 Å². The highest BCUT2D eigenvalue weighted by molar-refractivity contribution is 6.30. The molecule has 0 saturated carbocycles. The maximum atomic E-state index is 11.9. The number of benzene rings is 1. The predicted molar refractivity (Wildman–Crippen MR) is 70.3 cm³/mol. The smallest absolute Gasteiger partial charge is 0.260 e. The molecule has 6 heteroatoms. The molecular weight excluding hydrogens is 270 g/mol. The first-order chi connectivity index (χ1) is 9.20. The molecule has 1 N–H and O–H groups in total. The van der Waals surface area contributed by atoms with E-state index in [1.54, 1.807) is 23.1 Å². The van der Waals surface area contributed by atoms with Gasteiger partial charge in [-0.05, 0) is 18.2 Å². The van der Waals surface area contributed by atoms with Crippen LogP contribution in [0.5, 0.6) is 5.75 Å². The fourth-order valence-electron chi connectivity index (χ4n) is 1.86. The van der Waals surface area contributed by atoms with Crippen LogP contribution < -0.4 is 4.74 Å². The molecule has 0 aromatic heterocycles. The van der Waals surface area contributed by atoms with Crippen molar-refractivity contribution < 1.29 is 19.4 Å². The van der Waals surface area contributed by atoms with E-state index in [1.165, 1.54) is 0 Å². The standard InChI is InChI=1S/C13H16ClNO4/c14-11-1-2-12(10(7-11)8-16)19-9-13(17)15-3-5-18-6-4-15/h1-2,7,16H,3-6,8-9H2. The fourth-order valence-corrected chi connectivity index (χ4v) is 2.05. The van der Waals surface area contributed by atoms with Crippen LogP contribution in [0.15, 0.2) is 18.2 Å². The van der Waals surface area contributed by atoms with Crippen LogP contribution in [0.3, 0.4) is 0 Å². The molecule has 0 radical (unpaired) electrons. The zero-order chi connectivity index (χ0) is 13.7. The molecule has 1 aliphatic heterocycles. The number of carbonyl (C=O) groups is 1. The number of halogens is 1. The minimum absolute atomic E-state index is 0.0470. The van der Waals surface area contributed by atoms with Gasteiger partial charge < -0.3 is 19.5 Å². The van der Waals surface area contributed by atoms with Crippen LogP contribution in [0.4, 0.5) is 0 Å². The summed E-state index contributed by atoms with van der Waals surface area (Å²) >= 11 is 5.82. The number of carbonyl (C=O) groups excluding carboxylic acids is 1. The molecule has 0 aliphatic carbocycles. The van der Waals surface area contributed by atoms with Crippen molar-refractivity contribution >= 4 is 17.5 Å². The largest absolute Gasteiger partial charge is 0.483 e. The molecule has 5 nitrogen and oxygen atoms in total. The Bertz CT molecular complexity index is 446. The van der Waals surface area contributed by atoms with Crippen molar-refractivity contribution in [2.45, 2.75) is 6.61 Å². The molecule has 0 spiro atoms. The summed E-state index contributed by atoms with van der Waals surface area (Å²) in [5, 5.41) is 9.73. The summed E-state index contributed by atoms with van der Waals surface area (Å²) in [7, 11) is 0. The number of ether oxygens (including phenoxy) is 2. The summed E-state index contributed by atoms with van der Waals surface area (Å²) in [5.41, 5.74) is 0.572. The third kappa shape index (κ3) is 3.83. The monoisotopic (exact) mass is 285 g/mol. The van der Waals surface area contributed by atoms with Crippen molar-refractivity contribution in [2.24, 2.45) is 0 Å². The molecule has 0 bridgehead atoms. The van der Waals surface area contributed by atoms with Gasteiger partial charge in [-0.1, -0.05) is 11.6 Å². The summed E-state index contributed by atoms with van der Waals surface area (Å²) in [5.74, 6) is 0.399. The zero-order valence-corrected chi connectivity index (χ0v) is 11.2. The topological polar surface area (TPSA) is 59.0 Å². The number of amides is 1. The summed E-state index contributed by atoms with van der Waals surface area (Å²) in [6, 6.07) is 4.94. The number of rotatable bonds is 4. The highest BCUT2D eigenvalue weighted by atomic mass is 35.5. The fraction of sp³-hybridized carbons (Fsp3) is 0.462. The summed E-state index contributed by atoms with van der Waals surface area (Å²) in [6.45, 7) is 2.09. The highest BCUT2D eigenvalue weighted by Crippen LogP contribution is 2.22. The molecule has 1 saturated heterocycles. The van der Waals surface area contributed by atoms with E-state index < -0.39 is 0 Å². The van der Waals surface area contributed by atoms with Crippen LogP contribution in [-0.2, 0) is 16.1 Å². The van der Waals surface area contributed by atoms with Crippen LogP contribution in [0.25, 0.3) is 0 Å². The molecule has 19 heavy (non-hydrogen) atoms. The average molecular weight is 286 g/mol. The van der Waals surface area contributed by atoms with Gasteiger partial charge in [0.25, 0.3) is 5.91 Å². The number of hydrogen-bond donors (Lipinski definition) is 1. The van der Waals surface area contributed by atoms with Crippen molar-refractivity contribution in [3.63, 3.8) is 0 Å². The van der Waals surface area contributed by atoms with Crippen LogP contribution in [0.1, 0.15) is 5.56 Å². The quantitative estimate of drug-likeness (QED) is 0.899. The number of hydrogen-bond acceptors (Lipinski definition) is 4. The Morgan fingerprint density at radius 2 is 2.16 bits per heavy atom. The van der Waals surface area contributed by atoms with Gasteiger partial charge in [0.05, 0.1) is 19.8 Å². The molecule has 104 valence electrons. The lowest BCUT2D eigenvalue weighted by atomic mass is 10.2. The van der Waals surface area contributed by atoms with Crippen LogP contribution in [-0.4, -0.2) is 48.8 Å². The predicted octanol–water partition coefficient (Wildman–Crippen LogP) is 1.07. The van der Waals surface area contributed by atoms with Crippen LogP contribution in [0, 0.1) is 0 Å². The zero-order valence-electron chi connectivity index (χ0n) is 10.5. The Balaban J connectivity index is 1.92. The number of nitrogens with zero attached hydrogens (tertiary/aromatic N) is 1. The summed E-state index contributed by atoms with van der Waals surface area (Å²) in [6.07, 6.45) is 0. The Kier molecular flexibility index (Phi) is 5.01. The van der Waals surface area contributed by atoms with Crippen molar-refractivity contribution in [3.8, 4) is 5.75 Å². The molecular formula is C13H16ClNO4. The van der Waals surface area contributed by atoms with Gasteiger partial charge in [-0.25, -0.2) is 0 Å². The van der Waals surface area contributed by atoms with Gasteiger partial charge >= 0.3 is 0 Å². The lowest BCUT2D eigenvalue weighted by molar-refractivity contribution is -0.137. The third-order valence-corrected chi connectivity index (χ3v) is 3.14. The SMILES string of the molecule is O=C(COc1ccc(Cl)cc1CO)N1CCOCC1. The Hall–Kier alpha value is -1.30. The van der Waals surface area contributed by atoms with E-state index in [9.17, 15) is 9.90 Å². The summed E-state index contributed by atoms with van der Waals surface area (Å²) < 4.78 is 10.6. The summed E-state index contributed by atoms with van der Waals surface area (Å²) in [4.78, 5) is 13.6. The molecule has 1 aromatic rings. The molecule has 2 rings (SSSR count). The second-order valence-corrected chi connectivity index (χ2v) is 4.63. The van der Waals surface area contributed by atoms with Gasteiger partial charge in [-0.2, -0.15) is 0 Å². The average Bonchev–Trinajstić information content (AvgIpc) is 2.46. The molecule has 1 aromatic carbocycles.